The van der Waals surface area contributed by atoms with Crippen LogP contribution in [0, 0.1) is 35.0 Å². The van der Waals surface area contributed by atoms with E-state index in [-0.39, 0.29) is 29.1 Å². The van der Waals surface area contributed by atoms with Crippen molar-refractivity contribution in [2.45, 2.75) is 138 Å². The molecule has 2 fully saturated rings. The van der Waals surface area contributed by atoms with E-state index >= 15 is 0 Å². The highest BCUT2D eigenvalue weighted by Crippen LogP contribution is 2.47. The third kappa shape index (κ3) is 10.2. The van der Waals surface area contributed by atoms with Gasteiger partial charge in [0.05, 0.1) is 31.0 Å². The van der Waals surface area contributed by atoms with Crippen LogP contribution in [0.25, 0.3) is 0 Å². The Hall–Kier alpha value is -1.54. The summed E-state index contributed by atoms with van der Waals surface area (Å²) in [6.07, 6.45) is 7.79. The van der Waals surface area contributed by atoms with Gasteiger partial charge in [0.15, 0.2) is 0 Å². The van der Waals surface area contributed by atoms with Gasteiger partial charge < -0.3 is 18.9 Å². The summed E-state index contributed by atoms with van der Waals surface area (Å²) < 4.78 is 24.3. The van der Waals surface area contributed by atoms with Gasteiger partial charge in [-0.05, 0) is 102 Å². The second-order valence-electron chi connectivity index (χ2n) is 14.3. The molecule has 0 aromatic heterocycles. The van der Waals surface area contributed by atoms with Crippen molar-refractivity contribution >= 4 is 0 Å². The first-order valence-electron chi connectivity index (χ1n) is 14.8. The first kappa shape index (κ1) is 31.0. The quantitative estimate of drug-likeness (QED) is 0.181. The molecule has 0 saturated heterocycles. The molecule has 2 aliphatic carbocycles. The zero-order valence-electron chi connectivity index (χ0n) is 25.9. The van der Waals surface area contributed by atoms with E-state index in [0.717, 1.165) is 62.2 Å². The molecule has 0 spiro atoms. The fourth-order valence-corrected chi connectivity index (χ4v) is 5.43. The fraction of sp³-hybridized carbons (Fsp3) is 0.765. The standard InChI is InChI=1S/C34H54O4/c1-24(2)37-28-19-29(20-28)38-30-14-13-27(18-25(30)3)15-16-32(5,6)22-33(7,8)23-36-26(4)12-11-17-35-31-21-34(31,9)10/h13-14,18,24,26,28-29,31H,11-12,17,19-23H2,1-10H3. The van der Waals surface area contributed by atoms with E-state index in [9.17, 15) is 0 Å². The van der Waals surface area contributed by atoms with Gasteiger partial charge in [0.25, 0.3) is 0 Å². The van der Waals surface area contributed by atoms with Gasteiger partial charge in [0.1, 0.15) is 11.9 Å². The Morgan fingerprint density at radius 1 is 1.05 bits per heavy atom. The summed E-state index contributed by atoms with van der Waals surface area (Å²) in [6.45, 7) is 23.6. The fourth-order valence-electron chi connectivity index (χ4n) is 5.43. The Bertz CT molecular complexity index is 958. The van der Waals surface area contributed by atoms with E-state index in [1.165, 1.54) is 6.42 Å². The van der Waals surface area contributed by atoms with Gasteiger partial charge in [-0.25, -0.2) is 0 Å². The van der Waals surface area contributed by atoms with Crippen LogP contribution in [0.15, 0.2) is 18.2 Å². The molecule has 0 radical (unpaired) electrons. The second-order valence-corrected chi connectivity index (χ2v) is 14.3. The zero-order chi connectivity index (χ0) is 28.1. The minimum absolute atomic E-state index is 0.0501. The summed E-state index contributed by atoms with van der Waals surface area (Å²) in [6, 6.07) is 6.29. The molecule has 1 aromatic rings. The highest BCUT2D eigenvalue weighted by molar-refractivity contribution is 5.44. The molecule has 0 N–H and O–H groups in total. The van der Waals surface area contributed by atoms with Crippen molar-refractivity contribution in [3.05, 3.63) is 29.3 Å². The average molecular weight is 527 g/mol. The van der Waals surface area contributed by atoms with E-state index < -0.39 is 0 Å². The van der Waals surface area contributed by atoms with Crippen molar-refractivity contribution in [1.29, 1.82) is 0 Å². The molecule has 2 unspecified atom stereocenters. The van der Waals surface area contributed by atoms with Gasteiger partial charge in [-0.15, -0.1) is 0 Å². The van der Waals surface area contributed by atoms with E-state index in [0.29, 0.717) is 17.6 Å². The third-order valence-corrected chi connectivity index (χ3v) is 7.71. The SMILES string of the molecule is Cc1cc(C#CC(C)(C)CC(C)(C)COC(C)CCCOC2CC2(C)C)ccc1OC1CC(OC(C)C)C1. The monoisotopic (exact) mass is 526 g/mol. The topological polar surface area (TPSA) is 36.9 Å². The van der Waals surface area contributed by atoms with Crippen LogP contribution < -0.4 is 4.74 Å². The minimum Gasteiger partial charge on any atom is -0.490 e. The predicted octanol–water partition coefficient (Wildman–Crippen LogP) is 8.12. The molecular formula is C34H54O4. The molecule has 0 aliphatic heterocycles. The van der Waals surface area contributed by atoms with Crippen LogP contribution in [0.2, 0.25) is 0 Å². The first-order valence-corrected chi connectivity index (χ1v) is 14.8. The van der Waals surface area contributed by atoms with Gasteiger partial charge in [-0.3, -0.25) is 0 Å². The molecule has 2 aliphatic rings. The van der Waals surface area contributed by atoms with Crippen LogP contribution in [-0.2, 0) is 14.2 Å². The lowest BCUT2D eigenvalue weighted by atomic mass is 9.76. The molecule has 3 rings (SSSR count). The van der Waals surface area contributed by atoms with Crippen molar-refractivity contribution in [3.63, 3.8) is 0 Å². The van der Waals surface area contributed by atoms with Crippen LogP contribution in [0.3, 0.4) is 0 Å². The van der Waals surface area contributed by atoms with Gasteiger partial charge in [0, 0.05) is 30.4 Å². The maximum Gasteiger partial charge on any atom is 0.122 e. The molecule has 214 valence electrons. The molecule has 4 nitrogen and oxygen atoms in total. The van der Waals surface area contributed by atoms with Crippen LogP contribution in [0.1, 0.15) is 112 Å². The second kappa shape index (κ2) is 12.8. The van der Waals surface area contributed by atoms with Crippen LogP contribution >= 0.6 is 0 Å². The van der Waals surface area contributed by atoms with Crippen LogP contribution in [-0.4, -0.2) is 43.7 Å². The molecule has 38 heavy (non-hydrogen) atoms. The van der Waals surface area contributed by atoms with Gasteiger partial charge >= 0.3 is 0 Å². The number of aryl methyl sites for hydroxylation is 1. The molecular weight excluding hydrogens is 472 g/mol. The highest BCUT2D eigenvalue weighted by Gasteiger charge is 2.46. The lowest BCUT2D eigenvalue weighted by molar-refractivity contribution is -0.0851. The number of ether oxygens (including phenoxy) is 4. The van der Waals surface area contributed by atoms with Crippen molar-refractivity contribution in [2.75, 3.05) is 13.2 Å². The molecule has 1 aromatic carbocycles. The Morgan fingerprint density at radius 2 is 1.74 bits per heavy atom. The summed E-state index contributed by atoms with van der Waals surface area (Å²) in [5.41, 5.74) is 2.51. The van der Waals surface area contributed by atoms with Gasteiger partial charge in [-0.2, -0.15) is 0 Å². The largest absolute Gasteiger partial charge is 0.490 e. The normalized spacial score (nSPS) is 23.4. The molecule has 2 saturated carbocycles. The number of benzene rings is 1. The van der Waals surface area contributed by atoms with Gasteiger partial charge in [-0.1, -0.05) is 39.5 Å². The zero-order valence-corrected chi connectivity index (χ0v) is 25.9. The molecule has 2 atom stereocenters. The van der Waals surface area contributed by atoms with E-state index in [4.69, 9.17) is 18.9 Å². The average Bonchev–Trinajstić information content (AvgIpc) is 3.39. The maximum absolute atomic E-state index is 6.25. The van der Waals surface area contributed by atoms with Crippen molar-refractivity contribution in [1.82, 2.24) is 0 Å². The Morgan fingerprint density at radius 3 is 2.34 bits per heavy atom. The minimum atomic E-state index is -0.110. The van der Waals surface area contributed by atoms with E-state index in [2.05, 4.69) is 99.3 Å². The summed E-state index contributed by atoms with van der Waals surface area (Å²) in [5, 5.41) is 0. The molecule has 0 heterocycles. The number of rotatable bonds is 14. The Labute approximate surface area is 233 Å². The molecule has 4 heteroatoms. The summed E-state index contributed by atoms with van der Waals surface area (Å²) >= 11 is 0. The number of hydrogen-bond acceptors (Lipinski definition) is 4. The lowest BCUT2D eigenvalue weighted by Crippen LogP contribution is -2.40. The smallest absolute Gasteiger partial charge is 0.122 e. The first-order chi connectivity index (χ1) is 17.6. The van der Waals surface area contributed by atoms with Gasteiger partial charge in [0.2, 0.25) is 0 Å². The van der Waals surface area contributed by atoms with Crippen LogP contribution in [0.4, 0.5) is 0 Å². The molecule has 0 amide bonds. The maximum atomic E-state index is 6.25. The number of hydrogen-bond donors (Lipinski definition) is 0. The Balaban J connectivity index is 1.40. The van der Waals surface area contributed by atoms with Crippen molar-refractivity contribution < 1.29 is 18.9 Å². The predicted molar refractivity (Wildman–Crippen MR) is 157 cm³/mol. The van der Waals surface area contributed by atoms with E-state index in [1.54, 1.807) is 0 Å². The summed E-state index contributed by atoms with van der Waals surface area (Å²) in [5.74, 6) is 7.92. The highest BCUT2D eigenvalue weighted by atomic mass is 16.5. The Kier molecular flexibility index (Phi) is 10.4. The molecule has 0 bridgehead atoms. The van der Waals surface area contributed by atoms with Crippen molar-refractivity contribution in [2.24, 2.45) is 16.2 Å². The summed E-state index contributed by atoms with van der Waals surface area (Å²) in [4.78, 5) is 0. The van der Waals surface area contributed by atoms with E-state index in [1.807, 2.05) is 0 Å². The van der Waals surface area contributed by atoms with Crippen molar-refractivity contribution in [3.8, 4) is 17.6 Å². The summed E-state index contributed by atoms with van der Waals surface area (Å²) in [7, 11) is 0. The lowest BCUT2D eigenvalue weighted by Gasteiger charge is -2.36. The third-order valence-electron chi connectivity index (χ3n) is 7.71. The van der Waals surface area contributed by atoms with Crippen LogP contribution in [0.5, 0.6) is 5.75 Å².